The summed E-state index contributed by atoms with van der Waals surface area (Å²) in [5.74, 6) is 4.95. The van der Waals surface area contributed by atoms with Crippen LogP contribution in [0.2, 0.25) is 0 Å². The van der Waals surface area contributed by atoms with Crippen molar-refractivity contribution in [1.82, 2.24) is 4.90 Å². The maximum Gasteiger partial charge on any atom is 0.256 e. The van der Waals surface area contributed by atoms with Gasteiger partial charge in [-0.25, -0.2) is 4.39 Å². The van der Waals surface area contributed by atoms with Crippen molar-refractivity contribution < 1.29 is 9.18 Å². The number of rotatable bonds is 4. The fraction of sp³-hybridized carbons (Fsp3) is 0.133. The topological polar surface area (TPSA) is 58.4 Å². The number of benzene rings is 2. The summed E-state index contributed by atoms with van der Waals surface area (Å²) in [6.45, 7) is 0.401. The van der Waals surface area contributed by atoms with E-state index in [1.165, 1.54) is 12.1 Å². The first-order valence-corrected chi connectivity index (χ1v) is 6.17. The zero-order chi connectivity index (χ0) is 14.5. The molecule has 0 aromatic heterocycles. The summed E-state index contributed by atoms with van der Waals surface area (Å²) < 4.78 is 12.8. The van der Waals surface area contributed by atoms with Crippen LogP contribution in [0.1, 0.15) is 15.9 Å². The lowest BCUT2D eigenvalue weighted by atomic mass is 10.1. The second-order valence-corrected chi connectivity index (χ2v) is 4.48. The van der Waals surface area contributed by atoms with Crippen molar-refractivity contribution in [3.8, 4) is 0 Å². The minimum absolute atomic E-state index is 0.150. The van der Waals surface area contributed by atoms with Gasteiger partial charge in [-0.2, -0.15) is 0 Å². The van der Waals surface area contributed by atoms with Crippen molar-refractivity contribution in [3.63, 3.8) is 0 Å². The predicted octanol–water partition coefficient (Wildman–Crippen LogP) is 2.38. The van der Waals surface area contributed by atoms with Crippen LogP contribution >= 0.6 is 0 Å². The van der Waals surface area contributed by atoms with E-state index in [0.29, 0.717) is 17.8 Å². The maximum atomic E-state index is 12.8. The molecule has 0 aliphatic heterocycles. The van der Waals surface area contributed by atoms with Crippen LogP contribution in [-0.2, 0) is 6.54 Å². The molecule has 104 valence electrons. The number of nitrogens with one attached hydrogen (secondary N) is 1. The molecule has 2 aromatic carbocycles. The average molecular weight is 273 g/mol. The smallest absolute Gasteiger partial charge is 0.256 e. The Labute approximate surface area is 117 Å². The lowest BCUT2D eigenvalue weighted by Crippen LogP contribution is -2.27. The lowest BCUT2D eigenvalue weighted by Gasteiger charge is -2.19. The molecular weight excluding hydrogens is 257 g/mol. The molecule has 0 atom stereocenters. The molecule has 2 rings (SSSR count). The molecule has 0 saturated carbocycles. The highest BCUT2D eigenvalue weighted by molar-refractivity contribution is 5.99. The first kappa shape index (κ1) is 14.0. The number of amides is 1. The number of halogens is 1. The van der Waals surface area contributed by atoms with Gasteiger partial charge in [-0.1, -0.05) is 24.3 Å². The van der Waals surface area contributed by atoms with E-state index in [-0.39, 0.29) is 11.7 Å². The largest absolute Gasteiger partial charge is 0.337 e. The van der Waals surface area contributed by atoms with E-state index in [1.54, 1.807) is 48.3 Å². The van der Waals surface area contributed by atoms with Gasteiger partial charge >= 0.3 is 0 Å². The van der Waals surface area contributed by atoms with Crippen molar-refractivity contribution in [2.75, 3.05) is 12.5 Å². The predicted molar refractivity (Wildman–Crippen MR) is 76.4 cm³/mol. The van der Waals surface area contributed by atoms with Gasteiger partial charge in [0.15, 0.2) is 0 Å². The van der Waals surface area contributed by atoms with Crippen LogP contribution in [0.4, 0.5) is 10.1 Å². The van der Waals surface area contributed by atoms with E-state index in [0.717, 1.165) is 5.56 Å². The molecule has 0 unspecified atom stereocenters. The van der Waals surface area contributed by atoms with Gasteiger partial charge in [0.05, 0.1) is 11.3 Å². The summed E-state index contributed by atoms with van der Waals surface area (Å²) in [6.07, 6.45) is 0. The van der Waals surface area contributed by atoms with E-state index < -0.39 is 0 Å². The summed E-state index contributed by atoms with van der Waals surface area (Å²) in [5, 5.41) is 0. The van der Waals surface area contributed by atoms with Crippen molar-refractivity contribution in [2.45, 2.75) is 6.54 Å². The fourth-order valence-electron chi connectivity index (χ4n) is 1.94. The normalized spacial score (nSPS) is 10.2. The van der Waals surface area contributed by atoms with Crippen LogP contribution in [-0.4, -0.2) is 17.9 Å². The SMILES string of the molecule is CN(Cc1ccc(F)cc1)C(=O)c1ccccc1NN. The van der Waals surface area contributed by atoms with Gasteiger partial charge in [0.1, 0.15) is 5.82 Å². The number of hydrazine groups is 1. The van der Waals surface area contributed by atoms with Crippen molar-refractivity contribution in [2.24, 2.45) is 5.84 Å². The molecule has 0 radical (unpaired) electrons. The Hall–Kier alpha value is -2.40. The van der Waals surface area contributed by atoms with E-state index in [1.807, 2.05) is 0 Å². The Morgan fingerprint density at radius 3 is 2.50 bits per heavy atom. The second kappa shape index (κ2) is 6.16. The number of carbonyl (C=O) groups excluding carboxylic acids is 1. The van der Waals surface area contributed by atoms with Gasteiger partial charge in [-0.15, -0.1) is 0 Å². The van der Waals surface area contributed by atoms with Gasteiger partial charge in [0.25, 0.3) is 5.91 Å². The minimum Gasteiger partial charge on any atom is -0.337 e. The van der Waals surface area contributed by atoms with Crippen molar-refractivity contribution in [3.05, 3.63) is 65.5 Å². The van der Waals surface area contributed by atoms with Crippen LogP contribution in [0.15, 0.2) is 48.5 Å². The van der Waals surface area contributed by atoms with Crippen molar-refractivity contribution >= 4 is 11.6 Å². The molecule has 5 heteroatoms. The molecule has 0 spiro atoms. The number of carbonyl (C=O) groups is 1. The van der Waals surface area contributed by atoms with E-state index in [2.05, 4.69) is 5.43 Å². The Kier molecular flexibility index (Phi) is 4.32. The van der Waals surface area contributed by atoms with Gasteiger partial charge in [0, 0.05) is 13.6 Å². The van der Waals surface area contributed by atoms with E-state index in [4.69, 9.17) is 5.84 Å². The number of hydrogen-bond acceptors (Lipinski definition) is 3. The number of hydrogen-bond donors (Lipinski definition) is 2. The number of nitrogens with two attached hydrogens (primary N) is 1. The molecule has 0 bridgehead atoms. The first-order valence-electron chi connectivity index (χ1n) is 6.17. The lowest BCUT2D eigenvalue weighted by molar-refractivity contribution is 0.0786. The quantitative estimate of drug-likeness (QED) is 0.664. The third-order valence-corrected chi connectivity index (χ3v) is 2.99. The van der Waals surface area contributed by atoms with Gasteiger partial charge in [-0.3, -0.25) is 10.6 Å². The number of anilines is 1. The third kappa shape index (κ3) is 3.13. The zero-order valence-corrected chi connectivity index (χ0v) is 11.1. The number of para-hydroxylation sites is 1. The Morgan fingerprint density at radius 1 is 1.20 bits per heavy atom. The molecule has 20 heavy (non-hydrogen) atoms. The highest BCUT2D eigenvalue weighted by Crippen LogP contribution is 2.16. The Balaban J connectivity index is 2.14. The average Bonchev–Trinajstić information content (AvgIpc) is 2.48. The van der Waals surface area contributed by atoms with Crippen LogP contribution in [0, 0.1) is 5.82 Å². The molecule has 1 amide bonds. The summed E-state index contributed by atoms with van der Waals surface area (Å²) in [5.41, 5.74) is 4.44. The van der Waals surface area contributed by atoms with Crippen molar-refractivity contribution in [1.29, 1.82) is 0 Å². The summed E-state index contributed by atoms with van der Waals surface area (Å²) in [6, 6.07) is 13.1. The summed E-state index contributed by atoms with van der Waals surface area (Å²) in [7, 11) is 1.69. The Morgan fingerprint density at radius 2 is 1.85 bits per heavy atom. The summed E-state index contributed by atoms with van der Waals surface area (Å²) >= 11 is 0. The zero-order valence-electron chi connectivity index (χ0n) is 11.1. The van der Waals surface area contributed by atoms with Crippen LogP contribution < -0.4 is 11.3 Å². The van der Waals surface area contributed by atoms with Crippen LogP contribution in [0.3, 0.4) is 0 Å². The van der Waals surface area contributed by atoms with Gasteiger partial charge in [0.2, 0.25) is 0 Å². The molecule has 0 aliphatic carbocycles. The van der Waals surface area contributed by atoms with Crippen LogP contribution in [0.25, 0.3) is 0 Å². The minimum atomic E-state index is -0.291. The van der Waals surface area contributed by atoms with Gasteiger partial charge < -0.3 is 10.3 Å². The molecule has 2 aromatic rings. The van der Waals surface area contributed by atoms with E-state index in [9.17, 15) is 9.18 Å². The standard InChI is InChI=1S/C15H16FN3O/c1-19(10-11-6-8-12(16)9-7-11)15(20)13-4-2-3-5-14(13)18-17/h2-9,18H,10,17H2,1H3. The molecule has 3 N–H and O–H groups in total. The number of nitrogen functional groups attached to an aromatic ring is 1. The summed E-state index contributed by atoms with van der Waals surface area (Å²) in [4.78, 5) is 13.9. The molecule has 0 heterocycles. The molecular formula is C15H16FN3O. The number of nitrogens with zero attached hydrogens (tertiary/aromatic N) is 1. The first-order chi connectivity index (χ1) is 9.61. The van der Waals surface area contributed by atoms with E-state index >= 15 is 0 Å². The Bertz CT molecular complexity index is 598. The molecule has 0 fully saturated rings. The highest BCUT2D eigenvalue weighted by Gasteiger charge is 2.15. The molecule has 4 nitrogen and oxygen atoms in total. The fourth-order valence-corrected chi connectivity index (χ4v) is 1.94. The monoisotopic (exact) mass is 273 g/mol. The maximum absolute atomic E-state index is 12.8. The molecule has 0 aliphatic rings. The van der Waals surface area contributed by atoms with Gasteiger partial charge in [-0.05, 0) is 29.8 Å². The third-order valence-electron chi connectivity index (χ3n) is 2.99. The molecule has 0 saturated heterocycles. The highest BCUT2D eigenvalue weighted by atomic mass is 19.1. The second-order valence-electron chi connectivity index (χ2n) is 4.48. The van der Waals surface area contributed by atoms with Crippen LogP contribution in [0.5, 0.6) is 0 Å².